The lowest BCUT2D eigenvalue weighted by Crippen LogP contribution is -2.13. The first-order chi connectivity index (χ1) is 10.2. The third-order valence-electron chi connectivity index (χ3n) is 3.36. The molecule has 0 fully saturated rings. The number of halogens is 2. The molecule has 0 saturated carbocycles. The Hall–Kier alpha value is -1.04. The zero-order chi connectivity index (χ0) is 16.5. The van der Waals surface area contributed by atoms with Crippen LogP contribution in [0.15, 0.2) is 45.8 Å². The number of anilines is 1. The van der Waals surface area contributed by atoms with Crippen LogP contribution in [-0.2, 0) is 10.0 Å². The molecule has 0 aliphatic carbocycles. The van der Waals surface area contributed by atoms with Crippen LogP contribution in [0.25, 0.3) is 0 Å². The van der Waals surface area contributed by atoms with Crippen LogP contribution in [0.5, 0.6) is 0 Å². The molecule has 1 N–H and O–H groups in total. The molecule has 0 atom stereocenters. The van der Waals surface area contributed by atoms with Gasteiger partial charge < -0.3 is 0 Å². The molecule has 2 rings (SSSR count). The normalized spacial score (nSPS) is 11.7. The number of hydrogen-bond acceptors (Lipinski definition) is 2. The van der Waals surface area contributed by atoms with Gasteiger partial charge in [0.15, 0.2) is 0 Å². The van der Waals surface area contributed by atoms with Gasteiger partial charge in [-0.05, 0) is 64.2 Å². The van der Waals surface area contributed by atoms with Gasteiger partial charge in [-0.1, -0.05) is 37.6 Å². The van der Waals surface area contributed by atoms with Crippen molar-refractivity contribution in [2.24, 2.45) is 0 Å². The number of nitrogens with one attached hydrogen (secondary N) is 1. The highest BCUT2D eigenvalue weighted by Crippen LogP contribution is 2.29. The van der Waals surface area contributed by atoms with E-state index in [-0.39, 0.29) is 4.90 Å². The van der Waals surface area contributed by atoms with Crippen molar-refractivity contribution in [1.29, 1.82) is 0 Å². The van der Waals surface area contributed by atoms with Crippen molar-refractivity contribution < 1.29 is 8.42 Å². The number of hydrogen-bond donors (Lipinski definition) is 1. The maximum Gasteiger partial charge on any atom is 0.261 e. The van der Waals surface area contributed by atoms with E-state index >= 15 is 0 Å². The Kier molecular flexibility index (Phi) is 5.20. The van der Waals surface area contributed by atoms with Crippen LogP contribution < -0.4 is 4.72 Å². The van der Waals surface area contributed by atoms with Gasteiger partial charge in [-0.25, -0.2) is 8.42 Å². The third-order valence-corrected chi connectivity index (χ3v) is 5.78. The summed E-state index contributed by atoms with van der Waals surface area (Å²) in [6.07, 6.45) is 0. The second-order valence-corrected chi connectivity index (χ2v) is 8.35. The van der Waals surface area contributed by atoms with E-state index in [1.54, 1.807) is 18.2 Å². The molecule has 0 aliphatic heterocycles. The predicted molar refractivity (Wildman–Crippen MR) is 95.2 cm³/mol. The van der Waals surface area contributed by atoms with Crippen molar-refractivity contribution >= 4 is 43.2 Å². The molecule has 6 heteroatoms. The summed E-state index contributed by atoms with van der Waals surface area (Å²) in [5.74, 6) is 0.373. The van der Waals surface area contributed by atoms with E-state index in [4.69, 9.17) is 11.6 Å². The van der Waals surface area contributed by atoms with Gasteiger partial charge in [0, 0.05) is 9.50 Å². The van der Waals surface area contributed by atoms with Crippen molar-refractivity contribution in [2.45, 2.75) is 31.6 Å². The Bertz CT molecular complexity index is 804. The van der Waals surface area contributed by atoms with Gasteiger partial charge in [-0.3, -0.25) is 4.72 Å². The van der Waals surface area contributed by atoms with Gasteiger partial charge in [0.2, 0.25) is 0 Å². The fourth-order valence-electron chi connectivity index (χ4n) is 1.92. The van der Waals surface area contributed by atoms with E-state index in [1.165, 1.54) is 6.07 Å². The fraction of sp³-hybridized carbons (Fsp3) is 0.250. The zero-order valence-corrected chi connectivity index (χ0v) is 15.7. The Morgan fingerprint density at radius 3 is 2.36 bits per heavy atom. The zero-order valence-electron chi connectivity index (χ0n) is 12.5. The van der Waals surface area contributed by atoms with Crippen LogP contribution in [0.1, 0.15) is 30.9 Å². The first kappa shape index (κ1) is 17.3. The Morgan fingerprint density at radius 2 is 1.82 bits per heavy atom. The number of sulfonamides is 1. The summed E-state index contributed by atoms with van der Waals surface area (Å²) in [7, 11) is -3.67. The molecule has 0 bridgehead atoms. The molecule has 2 aromatic rings. The van der Waals surface area contributed by atoms with Crippen LogP contribution in [0.4, 0.5) is 5.69 Å². The quantitative estimate of drug-likeness (QED) is 0.750. The molecular weight excluding hydrogens is 386 g/mol. The monoisotopic (exact) mass is 401 g/mol. The Balaban J connectivity index is 2.34. The van der Waals surface area contributed by atoms with Gasteiger partial charge >= 0.3 is 0 Å². The summed E-state index contributed by atoms with van der Waals surface area (Å²) in [6.45, 7) is 5.99. The van der Waals surface area contributed by atoms with Gasteiger partial charge in [-0.15, -0.1) is 0 Å². The average Bonchev–Trinajstić information content (AvgIpc) is 2.43. The lowest BCUT2D eigenvalue weighted by Gasteiger charge is -2.13. The van der Waals surface area contributed by atoms with Crippen molar-refractivity contribution in [3.63, 3.8) is 0 Å². The lowest BCUT2D eigenvalue weighted by atomic mass is 10.0. The molecule has 0 radical (unpaired) electrons. The van der Waals surface area contributed by atoms with E-state index in [1.807, 2.05) is 19.1 Å². The second-order valence-electron chi connectivity index (χ2n) is 5.41. The molecule has 0 spiro atoms. The van der Waals surface area contributed by atoms with Crippen LogP contribution in [-0.4, -0.2) is 8.42 Å². The predicted octanol–water partition coefficient (Wildman–Crippen LogP) is 5.34. The van der Waals surface area contributed by atoms with Gasteiger partial charge in [0.25, 0.3) is 10.0 Å². The minimum Gasteiger partial charge on any atom is -0.278 e. The molecule has 22 heavy (non-hydrogen) atoms. The summed E-state index contributed by atoms with van der Waals surface area (Å²) < 4.78 is 28.2. The van der Waals surface area contributed by atoms with Crippen molar-refractivity contribution in [2.75, 3.05) is 4.72 Å². The van der Waals surface area contributed by atoms with E-state index in [0.29, 0.717) is 21.1 Å². The van der Waals surface area contributed by atoms with Gasteiger partial charge in [-0.2, -0.15) is 0 Å². The van der Waals surface area contributed by atoms with Gasteiger partial charge in [0.1, 0.15) is 0 Å². The Labute approximate surface area is 144 Å². The Morgan fingerprint density at radius 1 is 1.14 bits per heavy atom. The summed E-state index contributed by atoms with van der Waals surface area (Å²) >= 11 is 9.42. The fourth-order valence-corrected chi connectivity index (χ4v) is 3.90. The molecule has 118 valence electrons. The smallest absolute Gasteiger partial charge is 0.261 e. The molecule has 0 aromatic heterocycles. The second kappa shape index (κ2) is 6.60. The van der Waals surface area contributed by atoms with Crippen LogP contribution in [0.3, 0.4) is 0 Å². The number of aryl methyl sites for hydroxylation is 1. The minimum atomic E-state index is -3.67. The average molecular weight is 403 g/mol. The lowest BCUT2D eigenvalue weighted by molar-refractivity contribution is 0.601. The standard InChI is InChI=1S/C16H17BrClNO2S/c1-10(2)12-5-7-16(14(17)8-12)19-22(20,21)13-6-4-11(3)15(18)9-13/h4-10,19H,1-3H3. The largest absolute Gasteiger partial charge is 0.278 e. The molecule has 0 amide bonds. The SMILES string of the molecule is Cc1ccc(S(=O)(=O)Nc2ccc(C(C)C)cc2Br)cc1Cl. The number of benzene rings is 2. The summed E-state index contributed by atoms with van der Waals surface area (Å²) in [4.78, 5) is 0.142. The van der Waals surface area contributed by atoms with Gasteiger partial charge in [0.05, 0.1) is 10.6 Å². The topological polar surface area (TPSA) is 46.2 Å². The molecular formula is C16H17BrClNO2S. The maximum atomic E-state index is 12.4. The number of rotatable bonds is 4. The summed E-state index contributed by atoms with van der Waals surface area (Å²) in [5.41, 5.74) is 2.47. The van der Waals surface area contributed by atoms with E-state index in [2.05, 4.69) is 34.5 Å². The van der Waals surface area contributed by atoms with Crippen molar-refractivity contribution in [3.8, 4) is 0 Å². The van der Waals surface area contributed by atoms with E-state index in [0.717, 1.165) is 11.1 Å². The van der Waals surface area contributed by atoms with Crippen molar-refractivity contribution in [1.82, 2.24) is 0 Å². The molecule has 0 unspecified atom stereocenters. The van der Waals surface area contributed by atoms with E-state index in [9.17, 15) is 8.42 Å². The van der Waals surface area contributed by atoms with Crippen LogP contribution in [0, 0.1) is 6.92 Å². The molecule has 0 heterocycles. The minimum absolute atomic E-state index is 0.142. The molecule has 2 aromatic carbocycles. The molecule has 0 aliphatic rings. The highest BCUT2D eigenvalue weighted by molar-refractivity contribution is 9.10. The molecule has 3 nitrogen and oxygen atoms in total. The summed E-state index contributed by atoms with van der Waals surface area (Å²) in [6, 6.07) is 10.3. The highest BCUT2D eigenvalue weighted by atomic mass is 79.9. The van der Waals surface area contributed by atoms with Crippen molar-refractivity contribution in [3.05, 3.63) is 57.0 Å². The van der Waals surface area contributed by atoms with Crippen LogP contribution >= 0.6 is 27.5 Å². The van der Waals surface area contributed by atoms with Crippen LogP contribution in [0.2, 0.25) is 5.02 Å². The third kappa shape index (κ3) is 3.83. The van der Waals surface area contributed by atoms with E-state index < -0.39 is 10.0 Å². The molecule has 0 saturated heterocycles. The maximum absolute atomic E-state index is 12.4. The highest BCUT2D eigenvalue weighted by Gasteiger charge is 2.17. The first-order valence-electron chi connectivity index (χ1n) is 6.79. The summed E-state index contributed by atoms with van der Waals surface area (Å²) in [5, 5.41) is 0.428. The first-order valence-corrected chi connectivity index (χ1v) is 9.44.